The first kappa shape index (κ1) is 18.8. The van der Waals surface area contributed by atoms with Gasteiger partial charge in [0.1, 0.15) is 5.75 Å². The summed E-state index contributed by atoms with van der Waals surface area (Å²) in [6.45, 7) is -1.45. The highest BCUT2D eigenvalue weighted by molar-refractivity contribution is 6.30. The summed E-state index contributed by atoms with van der Waals surface area (Å²) in [7, 11) is 1.33. The van der Waals surface area contributed by atoms with Crippen LogP contribution in [0.15, 0.2) is 42.5 Å². The number of hydrogen-bond acceptors (Lipinski definition) is 4. The van der Waals surface area contributed by atoms with E-state index in [4.69, 9.17) is 21.1 Å². The maximum absolute atomic E-state index is 12.4. The van der Waals surface area contributed by atoms with Crippen molar-refractivity contribution < 1.29 is 27.8 Å². The summed E-state index contributed by atoms with van der Waals surface area (Å²) < 4.78 is 39.7. The molecule has 0 spiro atoms. The van der Waals surface area contributed by atoms with Crippen LogP contribution in [0.25, 0.3) is 0 Å². The number of hydrogen-bond donors (Lipinski definition) is 1. The Hall–Kier alpha value is -2.54. The molecule has 0 aliphatic heterocycles. The van der Waals surface area contributed by atoms with Crippen LogP contribution >= 0.6 is 11.6 Å². The molecule has 5 nitrogen and oxygen atoms in total. The van der Waals surface area contributed by atoms with E-state index >= 15 is 0 Å². The summed E-state index contributed by atoms with van der Waals surface area (Å²) in [6, 6.07) is 10.7. The van der Waals surface area contributed by atoms with Gasteiger partial charge < -0.3 is 19.5 Å². The van der Waals surface area contributed by atoms with E-state index in [-0.39, 0.29) is 17.2 Å². The zero-order valence-corrected chi connectivity index (χ0v) is 14.2. The highest BCUT2D eigenvalue weighted by atomic mass is 35.5. The Morgan fingerprint density at radius 3 is 2.36 bits per heavy atom. The summed E-state index contributed by atoms with van der Waals surface area (Å²) >= 11 is 5.78. The number of amides is 1. The van der Waals surface area contributed by atoms with Crippen LogP contribution in [-0.4, -0.2) is 25.7 Å². The quantitative estimate of drug-likeness (QED) is 0.785. The predicted molar refractivity (Wildman–Crippen MR) is 89.8 cm³/mol. The molecule has 0 radical (unpaired) electrons. The number of benzene rings is 2. The van der Waals surface area contributed by atoms with E-state index in [1.54, 1.807) is 31.2 Å². The van der Waals surface area contributed by atoms with Crippen molar-refractivity contribution in [2.24, 2.45) is 0 Å². The number of methoxy groups -OCH3 is 1. The molecular formula is C17H16ClF2NO4. The monoisotopic (exact) mass is 371 g/mol. The van der Waals surface area contributed by atoms with Crippen LogP contribution in [0.4, 0.5) is 14.5 Å². The number of carbonyl (C=O) groups excluding carboxylic acids is 1. The van der Waals surface area contributed by atoms with Crippen LogP contribution in [0.3, 0.4) is 0 Å². The van der Waals surface area contributed by atoms with Crippen molar-refractivity contribution in [1.29, 1.82) is 0 Å². The lowest BCUT2D eigenvalue weighted by Crippen LogP contribution is -2.30. The molecule has 0 aliphatic carbocycles. The van der Waals surface area contributed by atoms with Gasteiger partial charge in [0.05, 0.1) is 7.11 Å². The van der Waals surface area contributed by atoms with E-state index in [2.05, 4.69) is 10.1 Å². The summed E-state index contributed by atoms with van der Waals surface area (Å²) in [5, 5.41) is 3.12. The van der Waals surface area contributed by atoms with Gasteiger partial charge in [-0.3, -0.25) is 4.79 Å². The maximum Gasteiger partial charge on any atom is 0.387 e. The van der Waals surface area contributed by atoms with Crippen LogP contribution in [0.1, 0.15) is 6.92 Å². The Balaban J connectivity index is 2.04. The zero-order valence-electron chi connectivity index (χ0n) is 13.5. The van der Waals surface area contributed by atoms with Crippen molar-refractivity contribution in [3.05, 3.63) is 47.5 Å². The van der Waals surface area contributed by atoms with Crippen molar-refractivity contribution in [2.45, 2.75) is 19.6 Å². The standard InChI is InChI=1S/C17H16ClF2NO4/c1-10(24-13-6-3-11(18)4-7-13)16(22)21-12-5-8-14(23-2)15(9-12)25-17(19)20/h3-10,17H,1-2H3,(H,21,22). The van der Waals surface area contributed by atoms with E-state index in [1.165, 1.54) is 25.3 Å². The smallest absolute Gasteiger partial charge is 0.387 e. The fourth-order valence-corrected chi connectivity index (χ4v) is 2.08. The van der Waals surface area contributed by atoms with E-state index in [0.29, 0.717) is 10.8 Å². The van der Waals surface area contributed by atoms with Crippen molar-refractivity contribution in [2.75, 3.05) is 12.4 Å². The summed E-state index contributed by atoms with van der Waals surface area (Å²) in [5.74, 6) is -0.0306. The topological polar surface area (TPSA) is 56.8 Å². The zero-order chi connectivity index (χ0) is 18.4. The molecule has 2 rings (SSSR count). The van der Waals surface area contributed by atoms with Crippen molar-refractivity contribution >= 4 is 23.2 Å². The number of carbonyl (C=O) groups is 1. The summed E-state index contributed by atoms with van der Waals surface area (Å²) in [4.78, 5) is 12.2. The largest absolute Gasteiger partial charge is 0.493 e. The third-order valence-corrected chi connectivity index (χ3v) is 3.39. The molecule has 0 saturated carbocycles. The van der Waals surface area contributed by atoms with Crippen LogP contribution in [-0.2, 0) is 4.79 Å². The molecule has 1 amide bonds. The molecule has 8 heteroatoms. The first-order chi connectivity index (χ1) is 11.9. The molecule has 0 bridgehead atoms. The predicted octanol–water partition coefficient (Wildman–Crippen LogP) is 4.36. The number of alkyl halides is 2. The number of halogens is 3. The van der Waals surface area contributed by atoms with Gasteiger partial charge in [0.15, 0.2) is 17.6 Å². The fraction of sp³-hybridized carbons (Fsp3) is 0.235. The van der Waals surface area contributed by atoms with Gasteiger partial charge in [0, 0.05) is 16.8 Å². The SMILES string of the molecule is COc1ccc(NC(=O)C(C)Oc2ccc(Cl)cc2)cc1OC(F)F. The molecule has 0 aromatic heterocycles. The molecular weight excluding hydrogens is 356 g/mol. The van der Waals surface area contributed by atoms with Crippen LogP contribution in [0.5, 0.6) is 17.2 Å². The van der Waals surface area contributed by atoms with Crippen molar-refractivity contribution in [1.82, 2.24) is 0 Å². The Bertz CT molecular complexity index is 725. The van der Waals surface area contributed by atoms with Crippen LogP contribution in [0.2, 0.25) is 5.02 Å². The Morgan fingerprint density at radius 1 is 1.08 bits per heavy atom. The van der Waals surface area contributed by atoms with Crippen LogP contribution < -0.4 is 19.5 Å². The molecule has 0 heterocycles. The number of ether oxygens (including phenoxy) is 3. The minimum absolute atomic E-state index is 0.128. The lowest BCUT2D eigenvalue weighted by Gasteiger charge is -2.16. The second-order valence-corrected chi connectivity index (χ2v) is 5.38. The highest BCUT2D eigenvalue weighted by Gasteiger charge is 2.17. The van der Waals surface area contributed by atoms with Crippen LogP contribution in [0, 0.1) is 0 Å². The van der Waals surface area contributed by atoms with Crippen molar-refractivity contribution in [3.8, 4) is 17.2 Å². The molecule has 0 aliphatic rings. The second kappa shape index (κ2) is 8.53. The van der Waals surface area contributed by atoms with Gasteiger partial charge in [0.2, 0.25) is 0 Å². The third kappa shape index (κ3) is 5.49. The second-order valence-electron chi connectivity index (χ2n) is 4.95. The van der Waals surface area contributed by atoms with E-state index < -0.39 is 18.6 Å². The first-order valence-electron chi connectivity index (χ1n) is 7.25. The van der Waals surface area contributed by atoms with Crippen molar-refractivity contribution in [3.63, 3.8) is 0 Å². The van der Waals surface area contributed by atoms with Gasteiger partial charge >= 0.3 is 6.61 Å². The average Bonchev–Trinajstić information content (AvgIpc) is 2.56. The average molecular weight is 372 g/mol. The van der Waals surface area contributed by atoms with Gasteiger partial charge in [-0.1, -0.05) is 11.6 Å². The first-order valence-corrected chi connectivity index (χ1v) is 7.62. The van der Waals surface area contributed by atoms with Gasteiger partial charge in [-0.05, 0) is 43.3 Å². The lowest BCUT2D eigenvalue weighted by molar-refractivity contribution is -0.122. The van der Waals surface area contributed by atoms with E-state index in [0.717, 1.165) is 0 Å². The van der Waals surface area contributed by atoms with Gasteiger partial charge in [0.25, 0.3) is 5.91 Å². The maximum atomic E-state index is 12.4. The summed E-state index contributed by atoms with van der Waals surface area (Å²) in [6.07, 6.45) is -0.817. The molecule has 1 unspecified atom stereocenters. The highest BCUT2D eigenvalue weighted by Crippen LogP contribution is 2.31. The fourth-order valence-electron chi connectivity index (χ4n) is 1.96. The molecule has 0 saturated heterocycles. The Kier molecular flexibility index (Phi) is 6.41. The third-order valence-electron chi connectivity index (χ3n) is 3.14. The van der Waals surface area contributed by atoms with E-state index in [9.17, 15) is 13.6 Å². The Labute approximate surface area is 148 Å². The molecule has 1 N–H and O–H groups in total. The normalized spacial score (nSPS) is 11.8. The van der Waals surface area contributed by atoms with Gasteiger partial charge in [-0.25, -0.2) is 0 Å². The van der Waals surface area contributed by atoms with E-state index in [1.807, 2.05) is 0 Å². The molecule has 2 aromatic carbocycles. The van der Waals surface area contributed by atoms with Gasteiger partial charge in [-0.15, -0.1) is 0 Å². The molecule has 1 atom stereocenters. The number of rotatable bonds is 7. The molecule has 2 aromatic rings. The lowest BCUT2D eigenvalue weighted by atomic mass is 10.2. The molecule has 0 fully saturated rings. The minimum atomic E-state index is -3.01. The minimum Gasteiger partial charge on any atom is -0.493 e. The Morgan fingerprint density at radius 2 is 1.76 bits per heavy atom. The summed E-state index contributed by atoms with van der Waals surface area (Å²) in [5.41, 5.74) is 0.271. The molecule has 25 heavy (non-hydrogen) atoms. The number of nitrogens with one attached hydrogen (secondary N) is 1. The number of anilines is 1. The molecule has 134 valence electrons. The van der Waals surface area contributed by atoms with Gasteiger partial charge in [-0.2, -0.15) is 8.78 Å².